The Morgan fingerprint density at radius 1 is 0.871 bits per heavy atom. The normalized spacial score (nSPS) is 16.4. The number of aryl methyl sites for hydroxylation is 1. The molecular formula is C24H28N4O3. The van der Waals surface area contributed by atoms with Crippen molar-refractivity contribution < 1.29 is 14.4 Å². The third kappa shape index (κ3) is 5.23. The summed E-state index contributed by atoms with van der Waals surface area (Å²) >= 11 is 0. The van der Waals surface area contributed by atoms with Crippen molar-refractivity contribution in [1.82, 2.24) is 15.1 Å². The molecule has 7 nitrogen and oxygen atoms in total. The smallest absolute Gasteiger partial charge is 0.321 e. The summed E-state index contributed by atoms with van der Waals surface area (Å²) in [7, 11) is 0. The predicted molar refractivity (Wildman–Crippen MR) is 119 cm³/mol. The lowest BCUT2D eigenvalue weighted by Gasteiger charge is -2.23. The molecule has 0 bridgehead atoms. The van der Waals surface area contributed by atoms with E-state index in [-0.39, 0.29) is 23.9 Å². The number of benzene rings is 2. The molecule has 162 valence electrons. The molecule has 1 saturated carbocycles. The molecule has 0 unspecified atom stereocenters. The van der Waals surface area contributed by atoms with Crippen LogP contribution in [0.1, 0.15) is 45.5 Å². The zero-order valence-electron chi connectivity index (χ0n) is 17.8. The van der Waals surface area contributed by atoms with Crippen LogP contribution in [0.3, 0.4) is 0 Å². The highest BCUT2D eigenvalue weighted by Crippen LogP contribution is 2.22. The van der Waals surface area contributed by atoms with E-state index in [0.29, 0.717) is 43.0 Å². The summed E-state index contributed by atoms with van der Waals surface area (Å²) in [5, 5.41) is 5.92. The Balaban J connectivity index is 1.37. The van der Waals surface area contributed by atoms with Gasteiger partial charge in [0.05, 0.1) is 0 Å². The average molecular weight is 421 g/mol. The van der Waals surface area contributed by atoms with Gasteiger partial charge in [-0.15, -0.1) is 0 Å². The first kappa shape index (κ1) is 20.9. The van der Waals surface area contributed by atoms with Gasteiger partial charge < -0.3 is 20.4 Å². The van der Waals surface area contributed by atoms with Crippen LogP contribution >= 0.6 is 0 Å². The highest BCUT2D eigenvalue weighted by molar-refractivity contribution is 5.98. The van der Waals surface area contributed by atoms with Crippen molar-refractivity contribution in [2.24, 2.45) is 0 Å². The third-order valence-electron chi connectivity index (χ3n) is 5.74. The van der Waals surface area contributed by atoms with Crippen LogP contribution < -0.4 is 10.6 Å². The Bertz CT molecular complexity index is 972. The quantitative estimate of drug-likeness (QED) is 0.797. The Labute approximate surface area is 182 Å². The molecule has 4 amide bonds. The first-order chi connectivity index (χ1) is 15.0. The topological polar surface area (TPSA) is 81.8 Å². The maximum Gasteiger partial charge on any atom is 0.321 e. The Hall–Kier alpha value is -3.35. The van der Waals surface area contributed by atoms with Crippen molar-refractivity contribution in [2.75, 3.05) is 31.5 Å². The Kier molecular flexibility index (Phi) is 6.21. The summed E-state index contributed by atoms with van der Waals surface area (Å²) in [6.45, 7) is 4.05. The minimum Gasteiger partial charge on any atom is -0.349 e. The summed E-state index contributed by atoms with van der Waals surface area (Å²) in [4.78, 5) is 41.5. The van der Waals surface area contributed by atoms with Crippen LogP contribution in [-0.4, -0.2) is 59.9 Å². The van der Waals surface area contributed by atoms with Crippen LogP contribution in [0.25, 0.3) is 0 Å². The van der Waals surface area contributed by atoms with E-state index in [1.165, 1.54) is 0 Å². The summed E-state index contributed by atoms with van der Waals surface area (Å²) in [6, 6.07) is 14.6. The molecule has 0 atom stereocenters. The number of hydrogen-bond acceptors (Lipinski definition) is 3. The number of amides is 4. The number of hydrogen-bond donors (Lipinski definition) is 2. The van der Waals surface area contributed by atoms with Crippen molar-refractivity contribution in [1.29, 1.82) is 0 Å². The molecule has 2 aromatic carbocycles. The zero-order chi connectivity index (χ0) is 21.8. The van der Waals surface area contributed by atoms with Crippen LogP contribution in [0.4, 0.5) is 10.5 Å². The van der Waals surface area contributed by atoms with E-state index in [2.05, 4.69) is 10.6 Å². The fraction of sp³-hybridized carbons (Fsp3) is 0.375. The fourth-order valence-electron chi connectivity index (χ4n) is 3.68. The number of carbonyl (C=O) groups is 3. The molecule has 0 aromatic heterocycles. The number of rotatable bonds is 4. The van der Waals surface area contributed by atoms with Crippen molar-refractivity contribution >= 4 is 23.5 Å². The molecule has 4 rings (SSSR count). The summed E-state index contributed by atoms with van der Waals surface area (Å²) in [6.07, 6.45) is 2.77. The molecule has 0 radical (unpaired) electrons. The van der Waals surface area contributed by atoms with E-state index in [1.54, 1.807) is 21.9 Å². The first-order valence-electron chi connectivity index (χ1n) is 10.8. The molecule has 0 spiro atoms. The summed E-state index contributed by atoms with van der Waals surface area (Å²) in [5.74, 6) is -0.115. The lowest BCUT2D eigenvalue weighted by Crippen LogP contribution is -2.39. The van der Waals surface area contributed by atoms with E-state index >= 15 is 0 Å². The van der Waals surface area contributed by atoms with Crippen molar-refractivity contribution in [2.45, 2.75) is 32.2 Å². The van der Waals surface area contributed by atoms with Gasteiger partial charge in [0.25, 0.3) is 11.8 Å². The molecule has 1 saturated heterocycles. The standard InChI is InChI=1S/C24H28N4O3/c1-17-8-9-19(22(29)25-20-10-11-20)16-21(17)26-24(31)28-13-5-12-27(14-15-28)23(30)18-6-3-2-4-7-18/h2-4,6-9,16,20H,5,10-15H2,1H3,(H,25,29)(H,26,31). The summed E-state index contributed by atoms with van der Waals surface area (Å²) in [5.41, 5.74) is 2.74. The van der Waals surface area contributed by atoms with Gasteiger partial charge in [0.1, 0.15) is 0 Å². The van der Waals surface area contributed by atoms with Crippen LogP contribution in [0, 0.1) is 6.92 Å². The Morgan fingerprint density at radius 3 is 2.32 bits per heavy atom. The van der Waals surface area contributed by atoms with Gasteiger partial charge in [0.2, 0.25) is 0 Å². The SMILES string of the molecule is Cc1ccc(C(=O)NC2CC2)cc1NC(=O)N1CCCN(C(=O)c2ccccc2)CC1. The summed E-state index contributed by atoms with van der Waals surface area (Å²) < 4.78 is 0. The molecule has 1 aliphatic heterocycles. The number of anilines is 1. The molecule has 2 fully saturated rings. The molecule has 7 heteroatoms. The van der Waals surface area contributed by atoms with Gasteiger partial charge in [-0.3, -0.25) is 9.59 Å². The molecule has 31 heavy (non-hydrogen) atoms. The van der Waals surface area contributed by atoms with E-state index in [4.69, 9.17) is 0 Å². The number of carbonyl (C=O) groups excluding carboxylic acids is 3. The lowest BCUT2D eigenvalue weighted by atomic mass is 10.1. The largest absolute Gasteiger partial charge is 0.349 e. The van der Waals surface area contributed by atoms with Crippen molar-refractivity contribution in [3.05, 3.63) is 65.2 Å². The highest BCUT2D eigenvalue weighted by atomic mass is 16.2. The van der Waals surface area contributed by atoms with Gasteiger partial charge in [0, 0.05) is 49.0 Å². The van der Waals surface area contributed by atoms with E-state index in [9.17, 15) is 14.4 Å². The number of nitrogens with zero attached hydrogens (tertiary/aromatic N) is 2. The van der Waals surface area contributed by atoms with Gasteiger partial charge in [0.15, 0.2) is 0 Å². The molecule has 2 aromatic rings. The molecule has 2 N–H and O–H groups in total. The van der Waals surface area contributed by atoms with Crippen LogP contribution in [-0.2, 0) is 0 Å². The van der Waals surface area contributed by atoms with Gasteiger partial charge in [-0.05, 0) is 56.0 Å². The number of urea groups is 1. The maximum atomic E-state index is 12.9. The minimum atomic E-state index is -0.211. The third-order valence-corrected chi connectivity index (χ3v) is 5.74. The van der Waals surface area contributed by atoms with Crippen LogP contribution in [0.2, 0.25) is 0 Å². The van der Waals surface area contributed by atoms with Crippen molar-refractivity contribution in [3.8, 4) is 0 Å². The number of nitrogens with one attached hydrogen (secondary N) is 2. The molecule has 1 heterocycles. The van der Waals surface area contributed by atoms with E-state index in [0.717, 1.165) is 24.8 Å². The molecule has 2 aliphatic rings. The molecular weight excluding hydrogens is 392 g/mol. The second-order valence-corrected chi connectivity index (χ2v) is 8.21. The van der Waals surface area contributed by atoms with E-state index in [1.807, 2.05) is 43.3 Å². The fourth-order valence-corrected chi connectivity index (χ4v) is 3.68. The monoisotopic (exact) mass is 420 g/mol. The van der Waals surface area contributed by atoms with Crippen molar-refractivity contribution in [3.63, 3.8) is 0 Å². The lowest BCUT2D eigenvalue weighted by molar-refractivity contribution is 0.0762. The Morgan fingerprint density at radius 2 is 1.58 bits per heavy atom. The van der Waals surface area contributed by atoms with Crippen LogP contribution in [0.15, 0.2) is 48.5 Å². The van der Waals surface area contributed by atoms with E-state index < -0.39 is 0 Å². The second kappa shape index (κ2) is 9.20. The highest BCUT2D eigenvalue weighted by Gasteiger charge is 2.25. The first-order valence-corrected chi connectivity index (χ1v) is 10.8. The second-order valence-electron chi connectivity index (χ2n) is 8.21. The molecule has 1 aliphatic carbocycles. The maximum absolute atomic E-state index is 12.9. The van der Waals surface area contributed by atoms with Gasteiger partial charge >= 0.3 is 6.03 Å². The van der Waals surface area contributed by atoms with Crippen LogP contribution in [0.5, 0.6) is 0 Å². The zero-order valence-corrected chi connectivity index (χ0v) is 17.8. The van der Waals surface area contributed by atoms with Gasteiger partial charge in [-0.2, -0.15) is 0 Å². The average Bonchev–Trinajstić information content (AvgIpc) is 3.62. The van der Waals surface area contributed by atoms with Gasteiger partial charge in [-0.25, -0.2) is 4.79 Å². The minimum absolute atomic E-state index is 0.00641. The van der Waals surface area contributed by atoms with Gasteiger partial charge in [-0.1, -0.05) is 24.3 Å². The predicted octanol–water partition coefficient (Wildman–Crippen LogP) is 3.27.